The number of hydrogen-bond donors (Lipinski definition) is 3. The quantitative estimate of drug-likeness (QED) is 0.530. The summed E-state index contributed by atoms with van der Waals surface area (Å²) in [5.41, 5.74) is 3.39. The van der Waals surface area contributed by atoms with Crippen LogP contribution in [0, 0.1) is 11.3 Å². The molecule has 1 aliphatic rings. The normalized spacial score (nSPS) is 14.5. The standard InChI is InChI=1S/C26H32N2O5/c1-5-16(2)22(23(29)27-15-26(3,4)24(30)31)28-25(32)33-14-21-19-12-8-6-10-17(19)18-11-7-9-13-20(18)21/h6-13,16,21-22H,5,14-15H2,1-4H3,(H,27,29)(H,28,32)(H,30,31). The molecular formula is C26H32N2O5. The van der Waals surface area contributed by atoms with Gasteiger partial charge in [-0.25, -0.2) is 4.79 Å². The van der Waals surface area contributed by atoms with E-state index in [2.05, 4.69) is 22.8 Å². The predicted octanol–water partition coefficient (Wildman–Crippen LogP) is 4.17. The third kappa shape index (κ3) is 5.35. The van der Waals surface area contributed by atoms with Crippen LogP contribution in [-0.4, -0.2) is 42.3 Å². The van der Waals surface area contributed by atoms with E-state index in [0.717, 1.165) is 22.3 Å². The van der Waals surface area contributed by atoms with Gasteiger partial charge in [0.05, 0.1) is 5.41 Å². The zero-order chi connectivity index (χ0) is 24.2. The SMILES string of the molecule is CCC(C)C(NC(=O)OCC1c2ccccc2-c2ccccc21)C(=O)NCC(C)(C)C(=O)O. The Morgan fingerprint density at radius 1 is 1.03 bits per heavy atom. The van der Waals surface area contributed by atoms with Gasteiger partial charge in [-0.15, -0.1) is 0 Å². The van der Waals surface area contributed by atoms with Crippen molar-refractivity contribution in [2.45, 2.75) is 46.1 Å². The van der Waals surface area contributed by atoms with Crippen LogP contribution in [0.25, 0.3) is 11.1 Å². The van der Waals surface area contributed by atoms with E-state index in [-0.39, 0.29) is 25.0 Å². The molecule has 176 valence electrons. The topological polar surface area (TPSA) is 105 Å². The molecule has 0 bridgehead atoms. The number of hydrogen-bond acceptors (Lipinski definition) is 4. The zero-order valence-electron chi connectivity index (χ0n) is 19.6. The molecule has 0 saturated heterocycles. The molecule has 0 saturated carbocycles. The minimum atomic E-state index is -1.11. The Bertz CT molecular complexity index is 987. The van der Waals surface area contributed by atoms with E-state index in [1.807, 2.05) is 50.2 Å². The lowest BCUT2D eigenvalue weighted by atomic mass is 9.93. The first-order chi connectivity index (χ1) is 15.7. The van der Waals surface area contributed by atoms with E-state index in [4.69, 9.17) is 4.74 Å². The summed E-state index contributed by atoms with van der Waals surface area (Å²) < 4.78 is 5.57. The fraction of sp³-hybridized carbons (Fsp3) is 0.423. The molecule has 7 nitrogen and oxygen atoms in total. The summed E-state index contributed by atoms with van der Waals surface area (Å²) >= 11 is 0. The number of fused-ring (bicyclic) bond motifs is 3. The molecular weight excluding hydrogens is 420 g/mol. The maximum absolute atomic E-state index is 12.8. The number of carbonyl (C=O) groups is 3. The number of benzene rings is 2. The van der Waals surface area contributed by atoms with Gasteiger partial charge in [-0.1, -0.05) is 68.8 Å². The highest BCUT2D eigenvalue weighted by Gasteiger charge is 2.33. The summed E-state index contributed by atoms with van der Waals surface area (Å²) in [6.45, 7) is 6.96. The van der Waals surface area contributed by atoms with Crippen LogP contribution in [0.2, 0.25) is 0 Å². The Labute approximate surface area is 194 Å². The lowest BCUT2D eigenvalue weighted by Gasteiger charge is -2.26. The number of amides is 2. The second-order valence-electron chi connectivity index (χ2n) is 9.24. The minimum absolute atomic E-state index is 0.0412. The Balaban J connectivity index is 1.65. The Morgan fingerprint density at radius 3 is 2.09 bits per heavy atom. The maximum atomic E-state index is 12.8. The number of carboxylic acid groups (broad SMARTS) is 1. The van der Waals surface area contributed by atoms with Gasteiger partial charge in [0.2, 0.25) is 5.91 Å². The molecule has 3 rings (SSSR count). The fourth-order valence-corrected chi connectivity index (χ4v) is 3.96. The van der Waals surface area contributed by atoms with Gasteiger partial charge in [-0.2, -0.15) is 0 Å². The first-order valence-corrected chi connectivity index (χ1v) is 11.3. The first kappa shape index (κ1) is 24.3. The number of carbonyl (C=O) groups excluding carboxylic acids is 2. The van der Waals surface area contributed by atoms with E-state index in [1.165, 1.54) is 13.8 Å². The molecule has 33 heavy (non-hydrogen) atoms. The van der Waals surface area contributed by atoms with Gasteiger partial charge >= 0.3 is 12.1 Å². The number of rotatable bonds is 9. The summed E-state index contributed by atoms with van der Waals surface area (Å²) in [6.07, 6.45) is -0.0147. The Morgan fingerprint density at radius 2 is 1.58 bits per heavy atom. The summed E-state index contributed by atoms with van der Waals surface area (Å²) in [7, 11) is 0. The monoisotopic (exact) mass is 452 g/mol. The largest absolute Gasteiger partial charge is 0.481 e. The fourth-order valence-electron chi connectivity index (χ4n) is 3.96. The second-order valence-corrected chi connectivity index (χ2v) is 9.24. The molecule has 2 aromatic carbocycles. The molecule has 0 spiro atoms. The van der Waals surface area contributed by atoms with Crippen molar-refractivity contribution >= 4 is 18.0 Å². The highest BCUT2D eigenvalue weighted by Crippen LogP contribution is 2.44. The highest BCUT2D eigenvalue weighted by atomic mass is 16.5. The van der Waals surface area contributed by atoms with Crippen LogP contribution in [0.3, 0.4) is 0 Å². The molecule has 0 aliphatic heterocycles. The van der Waals surface area contributed by atoms with E-state index >= 15 is 0 Å². The van der Waals surface area contributed by atoms with Gasteiger partial charge in [0, 0.05) is 12.5 Å². The molecule has 7 heteroatoms. The molecule has 0 radical (unpaired) electrons. The van der Waals surface area contributed by atoms with Crippen molar-refractivity contribution in [1.82, 2.24) is 10.6 Å². The van der Waals surface area contributed by atoms with Gasteiger partial charge < -0.3 is 20.5 Å². The molecule has 1 aliphatic carbocycles. The van der Waals surface area contributed by atoms with E-state index in [9.17, 15) is 19.5 Å². The van der Waals surface area contributed by atoms with Crippen LogP contribution in [0.4, 0.5) is 4.79 Å². The van der Waals surface area contributed by atoms with Crippen LogP contribution in [-0.2, 0) is 14.3 Å². The molecule has 0 heterocycles. The highest BCUT2D eigenvalue weighted by molar-refractivity contribution is 5.86. The van der Waals surface area contributed by atoms with Gasteiger partial charge in [-0.05, 0) is 42.0 Å². The van der Waals surface area contributed by atoms with Gasteiger partial charge in [0.15, 0.2) is 0 Å². The predicted molar refractivity (Wildman–Crippen MR) is 126 cm³/mol. The average molecular weight is 453 g/mol. The maximum Gasteiger partial charge on any atom is 0.407 e. The van der Waals surface area contributed by atoms with E-state index in [1.54, 1.807) is 0 Å². The van der Waals surface area contributed by atoms with Crippen molar-refractivity contribution in [1.29, 1.82) is 0 Å². The number of carboxylic acids is 1. The lowest BCUT2D eigenvalue weighted by molar-refractivity contribution is -0.146. The Hall–Kier alpha value is -3.35. The second kappa shape index (κ2) is 10.1. The van der Waals surface area contributed by atoms with Crippen molar-refractivity contribution in [2.75, 3.05) is 13.2 Å². The summed E-state index contributed by atoms with van der Waals surface area (Å²) in [5.74, 6) is -1.66. The number of nitrogens with one attached hydrogen (secondary N) is 2. The molecule has 2 unspecified atom stereocenters. The van der Waals surface area contributed by atoms with Crippen molar-refractivity contribution in [2.24, 2.45) is 11.3 Å². The van der Waals surface area contributed by atoms with Crippen molar-refractivity contribution in [3.63, 3.8) is 0 Å². The average Bonchev–Trinajstić information content (AvgIpc) is 3.13. The van der Waals surface area contributed by atoms with Crippen LogP contribution in [0.1, 0.15) is 51.2 Å². The first-order valence-electron chi connectivity index (χ1n) is 11.3. The molecule has 2 amide bonds. The summed E-state index contributed by atoms with van der Waals surface area (Å²) in [6, 6.07) is 15.3. The van der Waals surface area contributed by atoms with Gasteiger partial charge in [0.25, 0.3) is 0 Å². The minimum Gasteiger partial charge on any atom is -0.481 e. The lowest BCUT2D eigenvalue weighted by Crippen LogP contribution is -2.52. The molecule has 0 aromatic heterocycles. The van der Waals surface area contributed by atoms with Crippen LogP contribution >= 0.6 is 0 Å². The van der Waals surface area contributed by atoms with Crippen molar-refractivity contribution in [3.8, 4) is 11.1 Å². The number of alkyl carbamates (subject to hydrolysis) is 1. The van der Waals surface area contributed by atoms with Crippen molar-refractivity contribution < 1.29 is 24.2 Å². The zero-order valence-corrected chi connectivity index (χ0v) is 19.6. The van der Waals surface area contributed by atoms with E-state index < -0.39 is 29.4 Å². The van der Waals surface area contributed by atoms with Gasteiger partial charge in [0.1, 0.15) is 12.6 Å². The smallest absolute Gasteiger partial charge is 0.407 e. The number of ether oxygens (including phenoxy) is 1. The molecule has 0 fully saturated rings. The third-order valence-electron chi connectivity index (χ3n) is 6.40. The van der Waals surface area contributed by atoms with Gasteiger partial charge in [-0.3, -0.25) is 9.59 Å². The summed E-state index contributed by atoms with van der Waals surface area (Å²) in [4.78, 5) is 36.7. The van der Waals surface area contributed by atoms with Crippen LogP contribution < -0.4 is 10.6 Å². The number of aliphatic carboxylic acids is 1. The molecule has 3 N–H and O–H groups in total. The van der Waals surface area contributed by atoms with E-state index in [0.29, 0.717) is 6.42 Å². The molecule has 2 aromatic rings. The summed E-state index contributed by atoms with van der Waals surface area (Å²) in [5, 5.41) is 14.6. The Kier molecular flexibility index (Phi) is 7.41. The van der Waals surface area contributed by atoms with Crippen LogP contribution in [0.5, 0.6) is 0 Å². The third-order valence-corrected chi connectivity index (χ3v) is 6.40. The van der Waals surface area contributed by atoms with Crippen molar-refractivity contribution in [3.05, 3.63) is 59.7 Å². The van der Waals surface area contributed by atoms with Crippen LogP contribution in [0.15, 0.2) is 48.5 Å². The molecule has 2 atom stereocenters.